The quantitative estimate of drug-likeness (QED) is 0.863. The van der Waals surface area contributed by atoms with Gasteiger partial charge in [-0.3, -0.25) is 0 Å². The Hall–Kier alpha value is -1.19. The molecule has 1 unspecified atom stereocenters. The number of methoxy groups -OCH3 is 1. The predicted octanol–water partition coefficient (Wildman–Crippen LogP) is 2.88. The number of aliphatic hydroxyl groups excluding tert-OH is 1. The van der Waals surface area contributed by atoms with Crippen LogP contribution in [-0.2, 0) is 0 Å². The second-order valence-electron chi connectivity index (χ2n) is 3.26. The van der Waals surface area contributed by atoms with E-state index in [2.05, 4.69) is 0 Å². The molecule has 0 radical (unpaired) electrons. The molecule has 16 heavy (non-hydrogen) atoms. The Kier molecular flexibility index (Phi) is 5.15. The van der Waals surface area contributed by atoms with Crippen molar-refractivity contribution in [2.75, 3.05) is 13.7 Å². The number of hydrogen-bond acceptors (Lipinski definition) is 3. The lowest BCUT2D eigenvalue weighted by molar-refractivity contribution is 0.198. The summed E-state index contributed by atoms with van der Waals surface area (Å²) < 4.78 is 10.6. The average molecular weight is 243 g/mol. The molecule has 0 aliphatic heterocycles. The third-order valence-electron chi connectivity index (χ3n) is 2.09. The van der Waals surface area contributed by atoms with Gasteiger partial charge in [-0.25, -0.2) is 0 Å². The Morgan fingerprint density at radius 3 is 2.75 bits per heavy atom. The SMILES string of the molecule is COc1cc(C(C)O)ccc1OC/C=C/Cl. The van der Waals surface area contributed by atoms with Gasteiger partial charge in [-0.05, 0) is 30.7 Å². The Labute approximate surface area is 100 Å². The fraction of sp³-hybridized carbons (Fsp3) is 0.333. The van der Waals surface area contributed by atoms with E-state index >= 15 is 0 Å². The van der Waals surface area contributed by atoms with Gasteiger partial charge in [-0.1, -0.05) is 17.7 Å². The molecule has 0 saturated carbocycles. The van der Waals surface area contributed by atoms with Crippen molar-refractivity contribution < 1.29 is 14.6 Å². The van der Waals surface area contributed by atoms with Gasteiger partial charge < -0.3 is 14.6 Å². The highest BCUT2D eigenvalue weighted by atomic mass is 35.5. The summed E-state index contributed by atoms with van der Waals surface area (Å²) in [5.74, 6) is 1.23. The first-order valence-corrected chi connectivity index (χ1v) is 5.36. The largest absolute Gasteiger partial charge is 0.493 e. The first-order valence-electron chi connectivity index (χ1n) is 4.93. The van der Waals surface area contributed by atoms with E-state index in [1.807, 2.05) is 0 Å². The molecule has 0 amide bonds. The van der Waals surface area contributed by atoms with Crippen LogP contribution in [-0.4, -0.2) is 18.8 Å². The highest BCUT2D eigenvalue weighted by Gasteiger charge is 2.07. The highest BCUT2D eigenvalue weighted by Crippen LogP contribution is 2.30. The van der Waals surface area contributed by atoms with Crippen LogP contribution in [0.2, 0.25) is 0 Å². The molecule has 0 heterocycles. The molecular formula is C12H15ClO3. The third-order valence-corrected chi connectivity index (χ3v) is 2.27. The van der Waals surface area contributed by atoms with E-state index < -0.39 is 6.10 Å². The highest BCUT2D eigenvalue weighted by molar-refractivity contribution is 6.25. The molecule has 0 fully saturated rings. The first-order chi connectivity index (χ1) is 7.69. The van der Waals surface area contributed by atoms with Crippen molar-refractivity contribution in [1.82, 2.24) is 0 Å². The lowest BCUT2D eigenvalue weighted by Crippen LogP contribution is -1.98. The number of benzene rings is 1. The van der Waals surface area contributed by atoms with Crippen LogP contribution in [0.25, 0.3) is 0 Å². The number of ether oxygens (including phenoxy) is 2. The zero-order valence-electron chi connectivity index (χ0n) is 9.31. The molecule has 0 bridgehead atoms. The van der Waals surface area contributed by atoms with E-state index in [0.29, 0.717) is 18.1 Å². The average Bonchev–Trinajstić information content (AvgIpc) is 2.29. The fourth-order valence-corrected chi connectivity index (χ4v) is 1.31. The van der Waals surface area contributed by atoms with E-state index in [9.17, 15) is 5.11 Å². The molecule has 1 aromatic carbocycles. The van der Waals surface area contributed by atoms with Gasteiger partial charge in [0.15, 0.2) is 11.5 Å². The van der Waals surface area contributed by atoms with Crippen molar-refractivity contribution in [1.29, 1.82) is 0 Å². The van der Waals surface area contributed by atoms with Gasteiger partial charge in [0.25, 0.3) is 0 Å². The van der Waals surface area contributed by atoms with Crippen LogP contribution < -0.4 is 9.47 Å². The van der Waals surface area contributed by atoms with Gasteiger partial charge >= 0.3 is 0 Å². The molecule has 88 valence electrons. The topological polar surface area (TPSA) is 38.7 Å². The van der Waals surface area contributed by atoms with E-state index in [1.165, 1.54) is 5.54 Å². The van der Waals surface area contributed by atoms with Gasteiger partial charge in [-0.15, -0.1) is 0 Å². The molecule has 0 aromatic heterocycles. The van der Waals surface area contributed by atoms with E-state index in [-0.39, 0.29) is 0 Å². The minimum atomic E-state index is -0.523. The van der Waals surface area contributed by atoms with Crippen LogP contribution in [0, 0.1) is 0 Å². The van der Waals surface area contributed by atoms with Gasteiger partial charge in [0.05, 0.1) is 13.2 Å². The van der Waals surface area contributed by atoms with Gasteiger partial charge in [0.2, 0.25) is 0 Å². The summed E-state index contributed by atoms with van der Waals surface area (Å²) in [6.07, 6.45) is 1.16. The third kappa shape index (κ3) is 3.43. The maximum absolute atomic E-state index is 9.42. The second-order valence-corrected chi connectivity index (χ2v) is 3.51. The van der Waals surface area contributed by atoms with Crippen LogP contribution >= 0.6 is 11.6 Å². The zero-order chi connectivity index (χ0) is 12.0. The van der Waals surface area contributed by atoms with Crippen molar-refractivity contribution in [3.63, 3.8) is 0 Å². The van der Waals surface area contributed by atoms with Crippen molar-refractivity contribution in [2.24, 2.45) is 0 Å². The first kappa shape index (κ1) is 12.9. The van der Waals surface area contributed by atoms with Gasteiger partial charge in [0, 0.05) is 5.54 Å². The summed E-state index contributed by atoms with van der Waals surface area (Å²) in [5, 5.41) is 9.42. The van der Waals surface area contributed by atoms with E-state index in [1.54, 1.807) is 38.3 Å². The van der Waals surface area contributed by atoms with Crippen LogP contribution in [0.3, 0.4) is 0 Å². The monoisotopic (exact) mass is 242 g/mol. The summed E-state index contributed by atoms with van der Waals surface area (Å²) in [4.78, 5) is 0. The molecule has 1 atom stereocenters. The Balaban J connectivity index is 2.84. The lowest BCUT2D eigenvalue weighted by Gasteiger charge is -2.12. The number of rotatable bonds is 5. The predicted molar refractivity (Wildman–Crippen MR) is 64.1 cm³/mol. The molecule has 0 aliphatic rings. The fourth-order valence-electron chi connectivity index (χ4n) is 1.24. The summed E-state index contributed by atoms with van der Waals surface area (Å²) in [5.41, 5.74) is 2.19. The molecule has 0 aliphatic carbocycles. The molecule has 1 rings (SSSR count). The van der Waals surface area contributed by atoms with Crippen molar-refractivity contribution in [3.8, 4) is 11.5 Å². The van der Waals surface area contributed by atoms with Crippen LogP contribution in [0.15, 0.2) is 29.8 Å². The second kappa shape index (κ2) is 6.40. The summed E-state index contributed by atoms with van der Waals surface area (Å²) in [6.45, 7) is 2.08. The standard InChI is InChI=1S/C12H15ClO3/c1-9(14)10-4-5-11(12(8-10)15-2)16-7-3-6-13/h3-6,8-9,14H,7H2,1-2H3/b6-3+. The summed E-state index contributed by atoms with van der Waals surface area (Å²) in [7, 11) is 1.56. The van der Waals surface area contributed by atoms with Gasteiger partial charge in [0.1, 0.15) is 6.61 Å². The molecule has 4 heteroatoms. The number of halogens is 1. The molecule has 3 nitrogen and oxygen atoms in total. The summed E-state index contributed by atoms with van der Waals surface area (Å²) in [6, 6.07) is 5.32. The minimum Gasteiger partial charge on any atom is -0.493 e. The normalized spacial score (nSPS) is 12.8. The van der Waals surface area contributed by atoms with Gasteiger partial charge in [-0.2, -0.15) is 0 Å². The zero-order valence-corrected chi connectivity index (χ0v) is 10.1. The number of aliphatic hydroxyl groups is 1. The number of hydrogen-bond donors (Lipinski definition) is 1. The van der Waals surface area contributed by atoms with E-state index in [0.717, 1.165) is 5.56 Å². The maximum Gasteiger partial charge on any atom is 0.161 e. The Morgan fingerprint density at radius 2 is 2.19 bits per heavy atom. The van der Waals surface area contributed by atoms with Crippen LogP contribution in [0.1, 0.15) is 18.6 Å². The van der Waals surface area contributed by atoms with Crippen LogP contribution in [0.4, 0.5) is 0 Å². The molecule has 1 aromatic rings. The Bertz CT molecular complexity index is 361. The van der Waals surface area contributed by atoms with Crippen molar-refractivity contribution in [3.05, 3.63) is 35.4 Å². The smallest absolute Gasteiger partial charge is 0.161 e. The molecular weight excluding hydrogens is 228 g/mol. The molecule has 1 N–H and O–H groups in total. The van der Waals surface area contributed by atoms with E-state index in [4.69, 9.17) is 21.1 Å². The van der Waals surface area contributed by atoms with Crippen molar-refractivity contribution >= 4 is 11.6 Å². The molecule has 0 saturated heterocycles. The lowest BCUT2D eigenvalue weighted by atomic mass is 10.1. The Morgan fingerprint density at radius 1 is 1.44 bits per heavy atom. The molecule has 0 spiro atoms. The minimum absolute atomic E-state index is 0.383. The van der Waals surface area contributed by atoms with Crippen LogP contribution in [0.5, 0.6) is 11.5 Å². The van der Waals surface area contributed by atoms with Crippen molar-refractivity contribution in [2.45, 2.75) is 13.0 Å². The summed E-state index contributed by atoms with van der Waals surface area (Å²) >= 11 is 5.38. The maximum atomic E-state index is 9.42.